The van der Waals surface area contributed by atoms with Crippen LogP contribution in [0.3, 0.4) is 0 Å². The van der Waals surface area contributed by atoms with Gasteiger partial charge in [0.15, 0.2) is 0 Å². The van der Waals surface area contributed by atoms with E-state index in [4.69, 9.17) is 16.3 Å². The first-order chi connectivity index (χ1) is 8.15. The maximum absolute atomic E-state index is 9.71. The molecule has 2 N–H and O–H groups in total. The van der Waals surface area contributed by atoms with Crippen LogP contribution in [0.5, 0.6) is 5.75 Å². The van der Waals surface area contributed by atoms with Crippen molar-refractivity contribution < 1.29 is 9.84 Å². The summed E-state index contributed by atoms with van der Waals surface area (Å²) in [5.74, 6) is 0.589. The quantitative estimate of drug-likeness (QED) is 0.846. The van der Waals surface area contributed by atoms with Gasteiger partial charge in [0.1, 0.15) is 18.5 Å². The predicted molar refractivity (Wildman–Crippen MR) is 71.7 cm³/mol. The molecule has 0 heterocycles. The van der Waals surface area contributed by atoms with Crippen LogP contribution in [0.25, 0.3) is 0 Å². The van der Waals surface area contributed by atoms with E-state index >= 15 is 0 Å². The zero-order valence-corrected chi connectivity index (χ0v) is 11.7. The molecule has 3 nitrogen and oxygen atoms in total. The molecule has 17 heavy (non-hydrogen) atoms. The van der Waals surface area contributed by atoms with Crippen molar-refractivity contribution in [3.63, 3.8) is 0 Å². The van der Waals surface area contributed by atoms with E-state index in [1.54, 1.807) is 12.1 Å². The molecule has 0 spiro atoms. The summed E-state index contributed by atoms with van der Waals surface area (Å²) in [4.78, 5) is 0. The second kappa shape index (κ2) is 6.05. The molecule has 1 aromatic rings. The van der Waals surface area contributed by atoms with Crippen LogP contribution in [0.2, 0.25) is 5.02 Å². The molecule has 1 aliphatic carbocycles. The first-order valence-corrected chi connectivity index (χ1v) is 6.81. The van der Waals surface area contributed by atoms with Crippen LogP contribution in [-0.2, 0) is 0 Å². The summed E-state index contributed by atoms with van der Waals surface area (Å²) >= 11 is 9.32. The minimum Gasteiger partial charge on any atom is -0.489 e. The van der Waals surface area contributed by atoms with E-state index in [0.717, 1.165) is 4.47 Å². The molecular formula is C12H15BrClNO2. The number of nitrogens with one attached hydrogen (secondary N) is 1. The van der Waals surface area contributed by atoms with Gasteiger partial charge in [0.2, 0.25) is 0 Å². The molecule has 1 fully saturated rings. The molecule has 0 aliphatic heterocycles. The number of aliphatic hydroxyl groups is 1. The lowest BCUT2D eigenvalue weighted by molar-refractivity contribution is 0.106. The number of aliphatic hydroxyl groups excluding tert-OH is 1. The normalized spacial score (nSPS) is 16.9. The third-order valence-corrected chi connectivity index (χ3v) is 3.35. The zero-order chi connectivity index (χ0) is 12.3. The van der Waals surface area contributed by atoms with Gasteiger partial charge in [-0.1, -0.05) is 27.5 Å². The summed E-state index contributed by atoms with van der Waals surface area (Å²) in [5.41, 5.74) is 0. The van der Waals surface area contributed by atoms with E-state index in [2.05, 4.69) is 21.2 Å². The lowest BCUT2D eigenvalue weighted by atomic mass is 10.3. The maximum atomic E-state index is 9.71. The van der Waals surface area contributed by atoms with Gasteiger partial charge >= 0.3 is 0 Å². The van der Waals surface area contributed by atoms with Crippen LogP contribution < -0.4 is 10.1 Å². The second-order valence-electron chi connectivity index (χ2n) is 4.22. The first-order valence-electron chi connectivity index (χ1n) is 5.64. The average molecular weight is 321 g/mol. The van der Waals surface area contributed by atoms with Crippen molar-refractivity contribution in [1.29, 1.82) is 0 Å². The zero-order valence-electron chi connectivity index (χ0n) is 9.33. The Morgan fingerprint density at radius 2 is 2.29 bits per heavy atom. The third kappa shape index (κ3) is 4.47. The number of hydrogen-bond acceptors (Lipinski definition) is 3. The highest BCUT2D eigenvalue weighted by molar-refractivity contribution is 9.10. The lowest BCUT2D eigenvalue weighted by Gasteiger charge is -2.14. The molecule has 0 amide bonds. The smallest absolute Gasteiger partial charge is 0.139 e. The SMILES string of the molecule is OC(CNC1CC1)COc1cc(Br)ccc1Cl. The molecule has 0 saturated heterocycles. The van der Waals surface area contributed by atoms with Gasteiger partial charge in [-0.25, -0.2) is 0 Å². The predicted octanol–water partition coefficient (Wildman–Crippen LogP) is 2.59. The van der Waals surface area contributed by atoms with Crippen LogP contribution >= 0.6 is 27.5 Å². The summed E-state index contributed by atoms with van der Waals surface area (Å²) in [6, 6.07) is 6.00. The van der Waals surface area contributed by atoms with Crippen LogP contribution in [0.1, 0.15) is 12.8 Å². The van der Waals surface area contributed by atoms with Crippen molar-refractivity contribution >= 4 is 27.5 Å². The highest BCUT2D eigenvalue weighted by Gasteiger charge is 2.21. The second-order valence-corrected chi connectivity index (χ2v) is 5.54. The summed E-state index contributed by atoms with van der Waals surface area (Å²) in [6.45, 7) is 0.812. The van der Waals surface area contributed by atoms with Crippen molar-refractivity contribution in [3.05, 3.63) is 27.7 Å². The molecule has 94 valence electrons. The van der Waals surface area contributed by atoms with Crippen molar-refractivity contribution in [3.8, 4) is 5.75 Å². The van der Waals surface area contributed by atoms with Crippen molar-refractivity contribution in [2.45, 2.75) is 25.0 Å². The number of hydrogen-bond donors (Lipinski definition) is 2. The molecule has 0 bridgehead atoms. The minimum atomic E-state index is -0.509. The molecule has 0 aromatic heterocycles. The number of rotatable bonds is 6. The van der Waals surface area contributed by atoms with Crippen molar-refractivity contribution in [1.82, 2.24) is 5.32 Å². The third-order valence-electron chi connectivity index (χ3n) is 2.54. The minimum absolute atomic E-state index is 0.246. The van der Waals surface area contributed by atoms with Crippen LogP contribution in [0, 0.1) is 0 Å². The Morgan fingerprint density at radius 3 is 3.00 bits per heavy atom. The van der Waals surface area contributed by atoms with E-state index in [0.29, 0.717) is 23.4 Å². The number of halogens is 2. The molecular weight excluding hydrogens is 305 g/mol. The van der Waals surface area contributed by atoms with Crippen LogP contribution in [-0.4, -0.2) is 30.4 Å². The van der Waals surface area contributed by atoms with Crippen molar-refractivity contribution in [2.75, 3.05) is 13.2 Å². The van der Waals surface area contributed by atoms with E-state index in [1.165, 1.54) is 12.8 Å². The van der Waals surface area contributed by atoms with Crippen LogP contribution in [0.15, 0.2) is 22.7 Å². The molecule has 1 aliphatic rings. The fraction of sp³-hybridized carbons (Fsp3) is 0.500. The van der Waals surface area contributed by atoms with Gasteiger partial charge in [-0.15, -0.1) is 0 Å². The van der Waals surface area contributed by atoms with E-state index < -0.39 is 6.10 Å². The van der Waals surface area contributed by atoms with Gasteiger partial charge in [-0.05, 0) is 31.0 Å². The topological polar surface area (TPSA) is 41.5 Å². The summed E-state index contributed by atoms with van der Waals surface area (Å²) in [5, 5.41) is 13.5. The Hall–Kier alpha value is -0.290. The van der Waals surface area contributed by atoms with Gasteiger partial charge in [0, 0.05) is 17.1 Å². The fourth-order valence-electron chi connectivity index (χ4n) is 1.42. The molecule has 1 atom stereocenters. The summed E-state index contributed by atoms with van der Waals surface area (Å²) < 4.78 is 6.39. The highest BCUT2D eigenvalue weighted by atomic mass is 79.9. The van der Waals surface area contributed by atoms with Gasteiger partial charge in [-0.2, -0.15) is 0 Å². The fourth-order valence-corrected chi connectivity index (χ4v) is 1.94. The highest BCUT2D eigenvalue weighted by Crippen LogP contribution is 2.28. The van der Waals surface area contributed by atoms with Crippen LogP contribution in [0.4, 0.5) is 0 Å². The molecule has 5 heteroatoms. The van der Waals surface area contributed by atoms with Gasteiger partial charge < -0.3 is 15.2 Å². The first kappa shape index (κ1) is 13.1. The standard InChI is InChI=1S/C12H15BrClNO2/c13-8-1-4-11(14)12(5-8)17-7-10(16)6-15-9-2-3-9/h1,4-5,9-10,15-16H,2-3,6-7H2. The van der Waals surface area contributed by atoms with Crippen molar-refractivity contribution in [2.24, 2.45) is 0 Å². The van der Waals surface area contributed by atoms with Gasteiger partial charge in [0.05, 0.1) is 5.02 Å². The monoisotopic (exact) mass is 319 g/mol. The van der Waals surface area contributed by atoms with E-state index in [-0.39, 0.29) is 6.61 Å². The Labute approximate surface area is 114 Å². The molecule has 1 unspecified atom stereocenters. The Bertz CT molecular complexity index is 385. The largest absolute Gasteiger partial charge is 0.489 e. The van der Waals surface area contributed by atoms with E-state index in [1.807, 2.05) is 6.07 Å². The number of ether oxygens (including phenoxy) is 1. The van der Waals surface area contributed by atoms with Gasteiger partial charge in [-0.3, -0.25) is 0 Å². The summed E-state index contributed by atoms with van der Waals surface area (Å²) in [7, 11) is 0. The van der Waals surface area contributed by atoms with Gasteiger partial charge in [0.25, 0.3) is 0 Å². The van der Waals surface area contributed by atoms with E-state index in [9.17, 15) is 5.11 Å². The number of benzene rings is 1. The summed E-state index contributed by atoms with van der Waals surface area (Å²) in [6.07, 6.45) is 1.92. The molecule has 1 saturated carbocycles. The Kier molecular flexibility index (Phi) is 4.68. The molecule has 0 radical (unpaired) electrons. The molecule has 1 aromatic carbocycles. The Morgan fingerprint density at radius 1 is 1.53 bits per heavy atom. The lowest BCUT2D eigenvalue weighted by Crippen LogP contribution is -2.32. The maximum Gasteiger partial charge on any atom is 0.139 e. The Balaban J connectivity index is 1.77. The average Bonchev–Trinajstić information content (AvgIpc) is 3.11. The molecule has 2 rings (SSSR count).